The Morgan fingerprint density at radius 3 is 1.81 bits per heavy atom. The average Bonchev–Trinajstić information content (AvgIpc) is 2.86. The van der Waals surface area contributed by atoms with E-state index >= 15 is 0 Å². The number of unbranched alkanes of at least 4 members (excludes halogenated alkanes) is 12. The Bertz CT molecular complexity index is 534. The zero-order valence-electron chi connectivity index (χ0n) is 24.4. The van der Waals surface area contributed by atoms with Crippen LogP contribution >= 0.6 is 0 Å². The summed E-state index contributed by atoms with van der Waals surface area (Å²) in [4.78, 5) is 33.3. The van der Waals surface area contributed by atoms with Crippen molar-refractivity contribution < 1.29 is 19.2 Å². The molecule has 0 fully saturated rings. The lowest BCUT2D eigenvalue weighted by Gasteiger charge is -2.26. The van der Waals surface area contributed by atoms with Crippen molar-refractivity contribution in [2.24, 2.45) is 0 Å². The van der Waals surface area contributed by atoms with E-state index in [-0.39, 0.29) is 12.1 Å². The van der Waals surface area contributed by atoms with Crippen molar-refractivity contribution in [2.45, 2.75) is 129 Å². The van der Waals surface area contributed by atoms with Crippen LogP contribution in [0.4, 0.5) is 9.59 Å². The van der Waals surface area contributed by atoms with Crippen molar-refractivity contribution in [3.63, 3.8) is 0 Å². The quantitative estimate of drug-likeness (QED) is 0.127. The number of urea groups is 1. The summed E-state index contributed by atoms with van der Waals surface area (Å²) < 4.78 is 5.27. The van der Waals surface area contributed by atoms with Gasteiger partial charge in [-0.25, -0.2) is 9.59 Å². The van der Waals surface area contributed by atoms with Gasteiger partial charge in [-0.3, -0.25) is 0 Å². The number of methoxy groups -OCH3 is 1. The fourth-order valence-corrected chi connectivity index (χ4v) is 4.12. The highest BCUT2D eigenvalue weighted by atomic mass is 16.7. The Kier molecular flexibility index (Phi) is 22.8. The molecule has 0 aromatic carbocycles. The Labute approximate surface area is 222 Å². The second-order valence-electron chi connectivity index (χ2n) is 10.4. The van der Waals surface area contributed by atoms with Crippen LogP contribution in [0.25, 0.3) is 0 Å². The first-order valence-corrected chi connectivity index (χ1v) is 14.5. The number of likely N-dealkylation sites (N-methyl/N-ethyl adjacent to an activating group) is 1. The highest BCUT2D eigenvalue weighted by molar-refractivity contribution is 5.76. The van der Waals surface area contributed by atoms with E-state index in [1.165, 1.54) is 77.0 Å². The lowest BCUT2D eigenvalue weighted by atomic mass is 10.0. The number of nitrogens with zero attached hydrogens (tertiary/aromatic N) is 2. The van der Waals surface area contributed by atoms with Gasteiger partial charge >= 0.3 is 12.1 Å². The van der Waals surface area contributed by atoms with Gasteiger partial charge in [0.05, 0.1) is 6.10 Å². The first-order valence-electron chi connectivity index (χ1n) is 14.5. The summed E-state index contributed by atoms with van der Waals surface area (Å²) in [6, 6.07) is -0.388. The van der Waals surface area contributed by atoms with Crippen molar-refractivity contribution in [2.75, 3.05) is 40.8 Å². The van der Waals surface area contributed by atoms with Crippen molar-refractivity contribution in [3.05, 3.63) is 0 Å². The van der Waals surface area contributed by atoms with E-state index in [9.17, 15) is 9.59 Å². The summed E-state index contributed by atoms with van der Waals surface area (Å²) in [5.41, 5.74) is 2.28. The maximum Gasteiger partial charge on any atom is 0.431 e. The third-order valence-electron chi connectivity index (χ3n) is 6.69. The van der Waals surface area contributed by atoms with Crippen molar-refractivity contribution >= 4 is 12.1 Å². The lowest BCUT2D eigenvalue weighted by Crippen LogP contribution is -2.48. The SMILES string of the molecule is CCCCCCCCCCCCCCCC(CC)NC(=O)ONC(=O)N(CCN(C)C)CC(C)OC. The molecule has 36 heavy (non-hydrogen) atoms. The van der Waals surface area contributed by atoms with E-state index in [1.807, 2.05) is 25.9 Å². The van der Waals surface area contributed by atoms with E-state index in [0.717, 1.165) is 19.3 Å². The molecule has 0 aliphatic heterocycles. The second-order valence-corrected chi connectivity index (χ2v) is 10.4. The molecule has 0 radical (unpaired) electrons. The van der Waals surface area contributed by atoms with Crippen molar-refractivity contribution in [1.29, 1.82) is 0 Å². The molecule has 0 saturated carbocycles. The first-order chi connectivity index (χ1) is 17.3. The van der Waals surface area contributed by atoms with Crippen LogP contribution < -0.4 is 10.8 Å². The Hall–Kier alpha value is -1.54. The summed E-state index contributed by atoms with van der Waals surface area (Å²) in [5, 5.41) is 2.88. The van der Waals surface area contributed by atoms with Gasteiger partial charge in [0.1, 0.15) is 0 Å². The van der Waals surface area contributed by atoms with E-state index in [4.69, 9.17) is 9.57 Å². The number of nitrogens with one attached hydrogen (secondary N) is 2. The molecule has 0 saturated heterocycles. The van der Waals surface area contributed by atoms with E-state index in [1.54, 1.807) is 12.0 Å². The lowest BCUT2D eigenvalue weighted by molar-refractivity contribution is 0.0598. The topological polar surface area (TPSA) is 83.1 Å². The summed E-state index contributed by atoms with van der Waals surface area (Å²) in [5.74, 6) is 0. The monoisotopic (exact) mass is 514 g/mol. The number of rotatable bonds is 22. The van der Waals surface area contributed by atoms with Crippen LogP contribution in [0, 0.1) is 0 Å². The summed E-state index contributed by atoms with van der Waals surface area (Å²) >= 11 is 0. The van der Waals surface area contributed by atoms with Gasteiger partial charge in [0.15, 0.2) is 0 Å². The van der Waals surface area contributed by atoms with Gasteiger partial charge in [0.2, 0.25) is 0 Å². The molecule has 8 nitrogen and oxygen atoms in total. The fourth-order valence-electron chi connectivity index (χ4n) is 4.12. The van der Waals surface area contributed by atoms with Crippen LogP contribution in [-0.2, 0) is 9.57 Å². The number of hydrogen-bond acceptors (Lipinski definition) is 5. The first kappa shape index (κ1) is 34.5. The van der Waals surface area contributed by atoms with Crippen LogP contribution in [0.1, 0.15) is 117 Å². The molecule has 2 N–H and O–H groups in total. The Morgan fingerprint density at radius 1 is 0.806 bits per heavy atom. The molecular weight excluding hydrogens is 456 g/mol. The predicted molar refractivity (Wildman–Crippen MR) is 149 cm³/mol. The van der Waals surface area contributed by atoms with Crippen LogP contribution in [0.3, 0.4) is 0 Å². The number of carbonyl (C=O) groups is 2. The van der Waals surface area contributed by atoms with Gasteiger partial charge in [-0.15, -0.1) is 0 Å². The van der Waals surface area contributed by atoms with Crippen LogP contribution in [0.5, 0.6) is 0 Å². The molecule has 3 amide bonds. The van der Waals surface area contributed by atoms with Crippen LogP contribution in [-0.4, -0.2) is 74.9 Å². The third-order valence-corrected chi connectivity index (χ3v) is 6.69. The van der Waals surface area contributed by atoms with Gasteiger partial charge in [-0.2, -0.15) is 5.48 Å². The van der Waals surface area contributed by atoms with Crippen LogP contribution in [0.2, 0.25) is 0 Å². The molecule has 8 heteroatoms. The van der Waals surface area contributed by atoms with Crippen molar-refractivity contribution in [1.82, 2.24) is 20.6 Å². The van der Waals surface area contributed by atoms with Gasteiger partial charge in [-0.1, -0.05) is 97.3 Å². The molecule has 0 aliphatic rings. The standard InChI is InChI=1S/C28H58N4O4/c1-7-9-10-11-12-13-14-15-16-17-18-19-20-21-26(8-2)29-28(34)36-30-27(33)32(23-22-31(4)5)24-25(3)35-6/h25-26H,7-24H2,1-6H3,(H,29,34)(H,30,33). The Balaban J connectivity index is 3.99. The summed E-state index contributed by atoms with van der Waals surface area (Å²) in [6.45, 7) is 7.84. The zero-order valence-corrected chi connectivity index (χ0v) is 24.4. The summed E-state index contributed by atoms with van der Waals surface area (Å²) in [7, 11) is 5.50. The van der Waals surface area contributed by atoms with Crippen LogP contribution in [0.15, 0.2) is 0 Å². The fraction of sp³-hybridized carbons (Fsp3) is 0.929. The molecule has 2 atom stereocenters. The molecule has 0 rings (SSSR count). The molecule has 0 aromatic heterocycles. The molecule has 2 unspecified atom stereocenters. The zero-order chi connectivity index (χ0) is 27.0. The minimum Gasteiger partial charge on any atom is -0.380 e. The Morgan fingerprint density at radius 2 is 1.33 bits per heavy atom. The smallest absolute Gasteiger partial charge is 0.380 e. The van der Waals surface area contributed by atoms with Gasteiger partial charge in [-0.05, 0) is 33.9 Å². The number of amides is 3. The maximum absolute atomic E-state index is 12.5. The van der Waals surface area contributed by atoms with Gasteiger partial charge in [0, 0.05) is 32.8 Å². The largest absolute Gasteiger partial charge is 0.431 e. The molecular formula is C28H58N4O4. The highest BCUT2D eigenvalue weighted by Gasteiger charge is 2.19. The maximum atomic E-state index is 12.5. The van der Waals surface area contributed by atoms with E-state index < -0.39 is 12.1 Å². The molecule has 0 heterocycles. The average molecular weight is 515 g/mol. The van der Waals surface area contributed by atoms with E-state index in [0.29, 0.717) is 19.6 Å². The molecule has 0 aromatic rings. The molecule has 0 aliphatic carbocycles. The number of ether oxygens (including phenoxy) is 1. The molecule has 0 bridgehead atoms. The highest BCUT2D eigenvalue weighted by Crippen LogP contribution is 2.14. The van der Waals surface area contributed by atoms with E-state index in [2.05, 4.69) is 24.6 Å². The van der Waals surface area contributed by atoms with Gasteiger partial charge in [0.25, 0.3) is 0 Å². The number of hydroxylamine groups is 1. The van der Waals surface area contributed by atoms with Crippen molar-refractivity contribution in [3.8, 4) is 0 Å². The molecule has 214 valence electrons. The third kappa shape index (κ3) is 20.6. The predicted octanol–water partition coefficient (Wildman–Crippen LogP) is 6.50. The van der Waals surface area contributed by atoms with Gasteiger partial charge < -0.3 is 24.7 Å². The minimum absolute atomic E-state index is 0.0560. The minimum atomic E-state index is -0.614. The second kappa shape index (κ2) is 23.8. The normalized spacial score (nSPS) is 12.9. The number of carbonyl (C=O) groups excluding carboxylic acids is 2. The summed E-state index contributed by atoms with van der Waals surface area (Å²) in [6.07, 6.45) is 18.3. The molecule has 0 spiro atoms. The number of hydrogen-bond donors (Lipinski definition) is 2.